The van der Waals surface area contributed by atoms with Crippen LogP contribution >= 0.6 is 0 Å². The molecule has 0 aliphatic carbocycles. The van der Waals surface area contributed by atoms with Gasteiger partial charge in [-0.15, -0.1) is 0 Å². The molecule has 36 heavy (non-hydrogen) atoms. The number of carbonyl (C=O) groups is 5. The molecule has 1 fully saturated rings. The highest BCUT2D eigenvalue weighted by Crippen LogP contribution is 2.29. The maximum absolute atomic E-state index is 12.9. The number of carbonyl (C=O) groups excluding carboxylic acids is 5. The quantitative estimate of drug-likeness (QED) is 0.381. The Morgan fingerprint density at radius 2 is 1.72 bits per heavy atom. The average molecular weight is 490 g/mol. The maximum Gasteiger partial charge on any atom is 0.292 e. The topological polar surface area (TPSA) is 113 Å². The summed E-state index contributed by atoms with van der Waals surface area (Å²) in [6, 6.07) is 8.44. The van der Waals surface area contributed by atoms with E-state index in [0.717, 1.165) is 27.8 Å². The minimum atomic E-state index is -0.688. The third kappa shape index (κ3) is 4.80. The Balaban J connectivity index is 1.44. The Labute approximate surface area is 210 Å². The highest BCUT2D eigenvalue weighted by molar-refractivity contribution is 6.43. The lowest BCUT2D eigenvalue weighted by atomic mass is 9.83. The number of fused-ring (bicyclic) bond motifs is 1. The molecule has 2 aromatic carbocycles. The minimum absolute atomic E-state index is 0.0674. The van der Waals surface area contributed by atoms with E-state index >= 15 is 0 Å². The molecular formula is C28H31N3O5. The fourth-order valence-corrected chi connectivity index (χ4v) is 4.87. The van der Waals surface area contributed by atoms with Gasteiger partial charge in [-0.25, -0.2) is 0 Å². The summed E-state index contributed by atoms with van der Waals surface area (Å²) in [6.07, 6.45) is 0.491. The minimum Gasteiger partial charge on any atom is -0.345 e. The zero-order valence-corrected chi connectivity index (χ0v) is 21.3. The van der Waals surface area contributed by atoms with Gasteiger partial charge in [0.2, 0.25) is 11.8 Å². The van der Waals surface area contributed by atoms with Crippen LogP contribution in [0.2, 0.25) is 0 Å². The number of aryl methyl sites for hydroxylation is 2. The lowest BCUT2D eigenvalue weighted by Gasteiger charge is -2.29. The molecule has 8 heteroatoms. The second kappa shape index (κ2) is 9.33. The summed E-state index contributed by atoms with van der Waals surface area (Å²) >= 11 is 0. The van der Waals surface area contributed by atoms with Crippen LogP contribution in [-0.4, -0.2) is 40.4 Å². The molecule has 1 atom stereocenters. The summed E-state index contributed by atoms with van der Waals surface area (Å²) < 4.78 is 0. The van der Waals surface area contributed by atoms with Crippen LogP contribution in [0.4, 0.5) is 0 Å². The van der Waals surface area contributed by atoms with Gasteiger partial charge in [-0.05, 0) is 59.6 Å². The smallest absolute Gasteiger partial charge is 0.292 e. The molecule has 4 rings (SSSR count). The van der Waals surface area contributed by atoms with Crippen molar-refractivity contribution in [1.82, 2.24) is 15.5 Å². The number of imide groups is 1. The van der Waals surface area contributed by atoms with Crippen molar-refractivity contribution in [2.75, 3.05) is 0 Å². The van der Waals surface area contributed by atoms with Crippen LogP contribution in [0, 0.1) is 13.8 Å². The van der Waals surface area contributed by atoms with Crippen molar-refractivity contribution < 1.29 is 24.0 Å². The highest BCUT2D eigenvalue weighted by atomic mass is 16.2. The van der Waals surface area contributed by atoms with Gasteiger partial charge in [-0.2, -0.15) is 0 Å². The molecule has 0 radical (unpaired) electrons. The molecule has 8 nitrogen and oxygen atoms in total. The number of hydrogen-bond acceptors (Lipinski definition) is 5. The Morgan fingerprint density at radius 1 is 1.06 bits per heavy atom. The molecule has 2 heterocycles. The lowest BCUT2D eigenvalue weighted by Crippen LogP contribution is -2.52. The Morgan fingerprint density at radius 3 is 2.33 bits per heavy atom. The number of piperidine rings is 1. The SMILES string of the molecule is Cc1cc(C(C)(C)C)cc(C)c1C(=O)C(=O)NCc1ccc2c(c1)CN(C1CCC(=O)NC1=O)C2=O. The summed E-state index contributed by atoms with van der Waals surface area (Å²) in [5, 5.41) is 4.99. The Kier molecular flexibility index (Phi) is 6.56. The third-order valence-electron chi connectivity index (χ3n) is 6.87. The summed E-state index contributed by atoms with van der Waals surface area (Å²) in [5.74, 6) is -2.31. The first-order valence-corrected chi connectivity index (χ1v) is 12.1. The van der Waals surface area contributed by atoms with Crippen molar-refractivity contribution in [3.8, 4) is 0 Å². The van der Waals surface area contributed by atoms with Crippen LogP contribution in [0.5, 0.6) is 0 Å². The average Bonchev–Trinajstić information content (AvgIpc) is 3.11. The van der Waals surface area contributed by atoms with Crippen LogP contribution in [0.15, 0.2) is 30.3 Å². The lowest BCUT2D eigenvalue weighted by molar-refractivity contribution is -0.137. The van der Waals surface area contributed by atoms with E-state index in [9.17, 15) is 24.0 Å². The maximum atomic E-state index is 12.9. The van der Waals surface area contributed by atoms with E-state index < -0.39 is 23.6 Å². The first-order valence-electron chi connectivity index (χ1n) is 12.1. The molecule has 0 spiro atoms. The Bertz CT molecular complexity index is 1280. The van der Waals surface area contributed by atoms with Gasteiger partial charge < -0.3 is 10.2 Å². The zero-order valence-electron chi connectivity index (χ0n) is 21.3. The first-order chi connectivity index (χ1) is 16.9. The molecule has 0 saturated carbocycles. The number of amides is 4. The van der Waals surface area contributed by atoms with Gasteiger partial charge in [0.05, 0.1) is 0 Å². The fraction of sp³-hybridized carbons (Fsp3) is 0.393. The molecule has 1 saturated heterocycles. The van der Waals surface area contributed by atoms with Crippen molar-refractivity contribution in [3.63, 3.8) is 0 Å². The second-order valence-corrected chi connectivity index (χ2v) is 10.6. The van der Waals surface area contributed by atoms with Crippen LogP contribution in [-0.2, 0) is 32.9 Å². The zero-order chi connectivity index (χ0) is 26.4. The predicted molar refractivity (Wildman–Crippen MR) is 133 cm³/mol. The molecule has 1 unspecified atom stereocenters. The molecule has 2 aliphatic rings. The van der Waals surface area contributed by atoms with Crippen LogP contribution in [0.3, 0.4) is 0 Å². The number of rotatable bonds is 5. The standard InChI is InChI=1S/C28H31N3O5/c1-15-10-19(28(3,4)5)11-16(2)23(15)24(33)26(35)29-13-17-6-7-20-18(12-17)14-31(27(20)36)21-8-9-22(32)30-25(21)34/h6-7,10-12,21H,8-9,13-14H2,1-5H3,(H,29,35)(H,30,32,34). The molecular weight excluding hydrogens is 458 g/mol. The number of benzene rings is 2. The number of hydrogen-bond donors (Lipinski definition) is 2. The van der Waals surface area contributed by atoms with E-state index in [1.807, 2.05) is 26.0 Å². The molecule has 188 valence electrons. The fourth-order valence-electron chi connectivity index (χ4n) is 4.87. The monoisotopic (exact) mass is 489 g/mol. The first kappa shape index (κ1) is 25.3. The number of Topliss-reactive ketones (excluding diaryl/α,β-unsaturated/α-hetero) is 1. The van der Waals surface area contributed by atoms with Crippen molar-refractivity contribution in [3.05, 3.63) is 69.3 Å². The molecule has 0 bridgehead atoms. The van der Waals surface area contributed by atoms with Gasteiger partial charge in [0.15, 0.2) is 0 Å². The molecule has 2 aromatic rings. The van der Waals surface area contributed by atoms with Gasteiger partial charge in [0.25, 0.3) is 17.6 Å². The van der Waals surface area contributed by atoms with E-state index in [4.69, 9.17) is 0 Å². The van der Waals surface area contributed by atoms with Gasteiger partial charge in [-0.3, -0.25) is 29.3 Å². The van der Waals surface area contributed by atoms with E-state index in [-0.39, 0.29) is 36.7 Å². The highest BCUT2D eigenvalue weighted by Gasteiger charge is 2.39. The van der Waals surface area contributed by atoms with E-state index in [1.165, 1.54) is 4.90 Å². The third-order valence-corrected chi connectivity index (χ3v) is 6.87. The van der Waals surface area contributed by atoms with Crippen molar-refractivity contribution in [2.45, 2.75) is 72.0 Å². The number of nitrogens with one attached hydrogen (secondary N) is 2. The summed E-state index contributed by atoms with van der Waals surface area (Å²) in [4.78, 5) is 63.6. The van der Waals surface area contributed by atoms with E-state index in [2.05, 4.69) is 31.4 Å². The largest absolute Gasteiger partial charge is 0.345 e. The predicted octanol–water partition coefficient (Wildman–Crippen LogP) is 2.86. The van der Waals surface area contributed by atoms with Gasteiger partial charge >= 0.3 is 0 Å². The number of nitrogens with zero attached hydrogens (tertiary/aromatic N) is 1. The van der Waals surface area contributed by atoms with E-state index in [1.54, 1.807) is 18.2 Å². The van der Waals surface area contributed by atoms with Crippen molar-refractivity contribution in [1.29, 1.82) is 0 Å². The van der Waals surface area contributed by atoms with Gasteiger partial charge in [0, 0.05) is 30.6 Å². The van der Waals surface area contributed by atoms with E-state index in [0.29, 0.717) is 17.5 Å². The molecule has 0 aromatic heterocycles. The van der Waals surface area contributed by atoms with Gasteiger partial charge in [-0.1, -0.05) is 45.0 Å². The van der Waals surface area contributed by atoms with Crippen LogP contribution < -0.4 is 10.6 Å². The number of ketones is 1. The summed E-state index contributed by atoms with van der Waals surface area (Å²) in [7, 11) is 0. The van der Waals surface area contributed by atoms with Crippen LogP contribution in [0.25, 0.3) is 0 Å². The molecule has 4 amide bonds. The summed E-state index contributed by atoms with van der Waals surface area (Å²) in [5.41, 5.74) is 4.97. The summed E-state index contributed by atoms with van der Waals surface area (Å²) in [6.45, 7) is 10.4. The second-order valence-electron chi connectivity index (χ2n) is 10.6. The van der Waals surface area contributed by atoms with Crippen LogP contribution in [0.1, 0.15) is 82.1 Å². The van der Waals surface area contributed by atoms with Crippen molar-refractivity contribution >= 4 is 29.4 Å². The molecule has 2 aliphatic heterocycles. The van der Waals surface area contributed by atoms with Crippen molar-refractivity contribution in [2.24, 2.45) is 0 Å². The van der Waals surface area contributed by atoms with Gasteiger partial charge in [0.1, 0.15) is 6.04 Å². The Hall–Kier alpha value is -3.81. The normalized spacial score (nSPS) is 17.6. The molecule has 2 N–H and O–H groups in total.